The molecule has 2 aromatic heterocycles. The molecule has 1 aliphatic heterocycles. The molecule has 4 rings (SSSR count). The minimum Gasteiger partial charge on any atom is -0.490 e. The molecule has 25 heavy (non-hydrogen) atoms. The van der Waals surface area contributed by atoms with E-state index in [9.17, 15) is 4.79 Å². The zero-order valence-corrected chi connectivity index (χ0v) is 14.1. The van der Waals surface area contributed by atoms with Gasteiger partial charge in [0.1, 0.15) is 11.9 Å². The maximum atomic E-state index is 12.4. The lowest BCUT2D eigenvalue weighted by molar-refractivity contribution is 0.0586. The number of ether oxygens (including phenoxy) is 1. The molecule has 0 atom stereocenters. The van der Waals surface area contributed by atoms with E-state index in [1.165, 1.54) is 0 Å². The molecule has 0 radical (unpaired) electrons. The molecule has 128 valence electrons. The predicted molar refractivity (Wildman–Crippen MR) is 94.5 cm³/mol. The normalized spacial score (nSPS) is 15.5. The number of aromatic nitrogens is 3. The molecule has 0 N–H and O–H groups in total. The van der Waals surface area contributed by atoms with Gasteiger partial charge in [-0.05, 0) is 24.3 Å². The van der Waals surface area contributed by atoms with Crippen LogP contribution in [-0.2, 0) is 7.05 Å². The van der Waals surface area contributed by atoms with E-state index in [1.807, 2.05) is 25.4 Å². The number of carbonyl (C=O) groups is 1. The summed E-state index contributed by atoms with van der Waals surface area (Å²) in [7, 11) is 2.03. The first-order valence-electron chi connectivity index (χ1n) is 8.49. The van der Waals surface area contributed by atoms with Crippen LogP contribution in [0.3, 0.4) is 0 Å². The molecule has 3 aromatic rings. The summed E-state index contributed by atoms with van der Waals surface area (Å²) in [6.45, 7) is 1.32. The van der Waals surface area contributed by atoms with Gasteiger partial charge in [-0.1, -0.05) is 6.07 Å². The van der Waals surface area contributed by atoms with Crippen molar-refractivity contribution in [2.24, 2.45) is 7.05 Å². The van der Waals surface area contributed by atoms with Crippen LogP contribution >= 0.6 is 0 Å². The molecule has 1 amide bonds. The van der Waals surface area contributed by atoms with E-state index in [-0.39, 0.29) is 17.8 Å². The van der Waals surface area contributed by atoms with Gasteiger partial charge in [0.05, 0.1) is 5.52 Å². The Balaban J connectivity index is 1.41. The SMILES string of the molecule is Cn1ccc2c(OC3CCN(C(=O)c4ncccn4)CC3)cccc21. The van der Waals surface area contributed by atoms with Crippen molar-refractivity contribution in [3.8, 4) is 5.75 Å². The van der Waals surface area contributed by atoms with Gasteiger partial charge in [-0.2, -0.15) is 0 Å². The lowest BCUT2D eigenvalue weighted by atomic mass is 10.1. The molecule has 0 unspecified atom stereocenters. The van der Waals surface area contributed by atoms with Crippen molar-refractivity contribution in [3.05, 3.63) is 54.7 Å². The second-order valence-corrected chi connectivity index (χ2v) is 6.30. The number of likely N-dealkylation sites (tertiary alicyclic amines) is 1. The number of hydrogen-bond acceptors (Lipinski definition) is 4. The van der Waals surface area contributed by atoms with Crippen LogP contribution in [0.25, 0.3) is 10.9 Å². The summed E-state index contributed by atoms with van der Waals surface area (Å²) in [6.07, 6.45) is 6.96. The third kappa shape index (κ3) is 3.07. The number of rotatable bonds is 3. The molecule has 1 aromatic carbocycles. The number of benzene rings is 1. The minimum absolute atomic E-state index is 0.107. The Hall–Kier alpha value is -2.89. The first-order valence-corrected chi connectivity index (χ1v) is 8.49. The molecule has 0 saturated carbocycles. The summed E-state index contributed by atoms with van der Waals surface area (Å²) in [4.78, 5) is 22.3. The second-order valence-electron chi connectivity index (χ2n) is 6.30. The molecule has 6 heteroatoms. The van der Waals surface area contributed by atoms with E-state index < -0.39 is 0 Å². The third-order valence-electron chi connectivity index (χ3n) is 4.67. The summed E-state index contributed by atoms with van der Waals surface area (Å²) >= 11 is 0. The summed E-state index contributed by atoms with van der Waals surface area (Å²) in [5.74, 6) is 1.06. The van der Waals surface area contributed by atoms with E-state index in [4.69, 9.17) is 4.74 Å². The number of carbonyl (C=O) groups excluding carboxylic acids is 1. The van der Waals surface area contributed by atoms with Crippen LogP contribution in [0.15, 0.2) is 48.9 Å². The highest BCUT2D eigenvalue weighted by molar-refractivity contribution is 5.90. The van der Waals surface area contributed by atoms with Crippen LogP contribution in [0.1, 0.15) is 23.5 Å². The Labute approximate surface area is 146 Å². The molecular formula is C19H20N4O2. The number of piperidine rings is 1. The Morgan fingerprint density at radius 2 is 1.88 bits per heavy atom. The number of fused-ring (bicyclic) bond motifs is 1. The fourth-order valence-corrected chi connectivity index (χ4v) is 3.28. The fourth-order valence-electron chi connectivity index (χ4n) is 3.28. The lowest BCUT2D eigenvalue weighted by Gasteiger charge is -2.31. The average Bonchev–Trinajstić information content (AvgIpc) is 3.05. The molecule has 0 spiro atoms. The van der Waals surface area contributed by atoms with Crippen LogP contribution in [0.4, 0.5) is 0 Å². The maximum Gasteiger partial charge on any atom is 0.291 e. The standard InChI is InChI=1S/C19H20N4O2/c1-22-11-8-15-16(22)4-2-5-17(15)25-14-6-12-23(13-7-14)19(24)18-20-9-3-10-21-18/h2-5,8-11,14H,6-7,12-13H2,1H3. The Bertz CT molecular complexity index is 883. The summed E-state index contributed by atoms with van der Waals surface area (Å²) in [6, 6.07) is 9.90. The topological polar surface area (TPSA) is 60.2 Å². The third-order valence-corrected chi connectivity index (χ3v) is 4.67. The summed E-state index contributed by atoms with van der Waals surface area (Å²) in [5.41, 5.74) is 1.16. The van der Waals surface area contributed by atoms with Gasteiger partial charge in [0, 0.05) is 57.0 Å². The van der Waals surface area contributed by atoms with E-state index in [1.54, 1.807) is 23.4 Å². The smallest absolute Gasteiger partial charge is 0.291 e. The van der Waals surface area contributed by atoms with Gasteiger partial charge in [0.15, 0.2) is 0 Å². The highest BCUT2D eigenvalue weighted by atomic mass is 16.5. The van der Waals surface area contributed by atoms with Crippen LogP contribution in [0, 0.1) is 0 Å². The van der Waals surface area contributed by atoms with Gasteiger partial charge in [0.25, 0.3) is 5.91 Å². The van der Waals surface area contributed by atoms with Crippen molar-refractivity contribution in [2.75, 3.05) is 13.1 Å². The molecule has 1 saturated heterocycles. The predicted octanol–water partition coefficient (Wildman–Crippen LogP) is 2.65. The van der Waals surface area contributed by atoms with Crippen molar-refractivity contribution in [1.82, 2.24) is 19.4 Å². The average molecular weight is 336 g/mol. The first kappa shape index (κ1) is 15.6. The van der Waals surface area contributed by atoms with Crippen LogP contribution in [0.2, 0.25) is 0 Å². The van der Waals surface area contributed by atoms with Crippen molar-refractivity contribution >= 4 is 16.8 Å². The van der Waals surface area contributed by atoms with Gasteiger partial charge >= 0.3 is 0 Å². The monoisotopic (exact) mass is 336 g/mol. The molecular weight excluding hydrogens is 316 g/mol. The molecule has 0 aliphatic carbocycles. The van der Waals surface area contributed by atoms with E-state index in [0.29, 0.717) is 13.1 Å². The number of nitrogens with zero attached hydrogens (tertiary/aromatic N) is 4. The van der Waals surface area contributed by atoms with Gasteiger partial charge < -0.3 is 14.2 Å². The summed E-state index contributed by atoms with van der Waals surface area (Å²) in [5, 5.41) is 1.13. The highest BCUT2D eigenvalue weighted by Gasteiger charge is 2.26. The molecule has 6 nitrogen and oxygen atoms in total. The molecule has 1 aliphatic rings. The molecule has 0 bridgehead atoms. The number of hydrogen-bond donors (Lipinski definition) is 0. The van der Waals surface area contributed by atoms with E-state index >= 15 is 0 Å². The summed E-state index contributed by atoms with van der Waals surface area (Å²) < 4.78 is 8.32. The minimum atomic E-state index is -0.107. The van der Waals surface area contributed by atoms with E-state index in [2.05, 4.69) is 26.7 Å². The number of amides is 1. The van der Waals surface area contributed by atoms with Crippen molar-refractivity contribution in [1.29, 1.82) is 0 Å². The van der Waals surface area contributed by atoms with Crippen molar-refractivity contribution < 1.29 is 9.53 Å². The Morgan fingerprint density at radius 3 is 2.64 bits per heavy atom. The maximum absolute atomic E-state index is 12.4. The van der Waals surface area contributed by atoms with Gasteiger partial charge in [0.2, 0.25) is 5.82 Å². The zero-order chi connectivity index (χ0) is 17.2. The highest BCUT2D eigenvalue weighted by Crippen LogP contribution is 2.28. The lowest BCUT2D eigenvalue weighted by Crippen LogP contribution is -2.42. The van der Waals surface area contributed by atoms with Crippen LogP contribution in [0.5, 0.6) is 5.75 Å². The van der Waals surface area contributed by atoms with Crippen molar-refractivity contribution in [2.45, 2.75) is 18.9 Å². The van der Waals surface area contributed by atoms with Crippen molar-refractivity contribution in [3.63, 3.8) is 0 Å². The van der Waals surface area contributed by atoms with Crippen LogP contribution < -0.4 is 4.74 Å². The largest absolute Gasteiger partial charge is 0.490 e. The van der Waals surface area contributed by atoms with Gasteiger partial charge in [-0.3, -0.25) is 4.79 Å². The quantitative estimate of drug-likeness (QED) is 0.738. The fraction of sp³-hybridized carbons (Fsp3) is 0.316. The number of aryl methyl sites for hydroxylation is 1. The zero-order valence-electron chi connectivity index (χ0n) is 14.1. The Kier molecular flexibility index (Phi) is 4.09. The van der Waals surface area contributed by atoms with Crippen LogP contribution in [-0.4, -0.2) is 44.5 Å². The first-order chi connectivity index (χ1) is 12.2. The van der Waals surface area contributed by atoms with Gasteiger partial charge in [-0.25, -0.2) is 9.97 Å². The second kappa shape index (κ2) is 6.55. The molecule has 1 fully saturated rings. The van der Waals surface area contributed by atoms with Gasteiger partial charge in [-0.15, -0.1) is 0 Å². The van der Waals surface area contributed by atoms with E-state index in [0.717, 1.165) is 29.5 Å². The molecule has 3 heterocycles. The Morgan fingerprint density at radius 1 is 1.12 bits per heavy atom.